The SMILES string of the molecule is C=C(CC)C(=N/C(C(=C)C)=C(\CC)NCCO)c1ccc(C(C)C)nc1OC.CC. The van der Waals surface area contributed by atoms with Crippen LogP contribution in [0, 0.1) is 0 Å². The molecule has 168 valence electrons. The lowest BCUT2D eigenvalue weighted by atomic mass is 10.00. The summed E-state index contributed by atoms with van der Waals surface area (Å²) in [5.41, 5.74) is 5.98. The van der Waals surface area contributed by atoms with Crippen LogP contribution in [0.1, 0.15) is 78.5 Å². The van der Waals surface area contributed by atoms with Crippen molar-refractivity contribution >= 4 is 5.71 Å². The molecule has 5 heteroatoms. The van der Waals surface area contributed by atoms with Crippen molar-refractivity contribution in [2.45, 2.75) is 67.2 Å². The van der Waals surface area contributed by atoms with Crippen LogP contribution in [-0.4, -0.2) is 36.1 Å². The van der Waals surface area contributed by atoms with Gasteiger partial charge in [0.05, 0.1) is 30.7 Å². The van der Waals surface area contributed by atoms with E-state index in [1.807, 2.05) is 39.8 Å². The number of nitrogens with one attached hydrogen (secondary N) is 1. The number of pyridine rings is 1. The van der Waals surface area contributed by atoms with E-state index in [0.29, 0.717) is 18.3 Å². The van der Waals surface area contributed by atoms with Crippen LogP contribution >= 0.6 is 0 Å². The number of allylic oxidation sites excluding steroid dienone is 3. The molecule has 0 amide bonds. The Morgan fingerprint density at radius 1 is 1.20 bits per heavy atom. The fourth-order valence-corrected chi connectivity index (χ4v) is 2.72. The van der Waals surface area contributed by atoms with Crippen molar-refractivity contribution < 1.29 is 9.84 Å². The van der Waals surface area contributed by atoms with Gasteiger partial charge in [0, 0.05) is 17.9 Å². The van der Waals surface area contributed by atoms with Crippen molar-refractivity contribution in [2.24, 2.45) is 4.99 Å². The molecule has 0 aliphatic rings. The van der Waals surface area contributed by atoms with Gasteiger partial charge in [-0.2, -0.15) is 0 Å². The zero-order valence-electron chi connectivity index (χ0n) is 20.2. The Morgan fingerprint density at radius 3 is 2.27 bits per heavy atom. The number of hydrogen-bond acceptors (Lipinski definition) is 5. The predicted molar refractivity (Wildman–Crippen MR) is 129 cm³/mol. The Kier molecular flexibility index (Phi) is 13.4. The van der Waals surface area contributed by atoms with Crippen LogP contribution < -0.4 is 10.1 Å². The van der Waals surface area contributed by atoms with Crippen molar-refractivity contribution in [2.75, 3.05) is 20.3 Å². The number of rotatable bonds is 11. The minimum absolute atomic E-state index is 0.0552. The highest BCUT2D eigenvalue weighted by molar-refractivity contribution is 6.14. The van der Waals surface area contributed by atoms with Gasteiger partial charge in [0.15, 0.2) is 0 Å². The number of aromatic nitrogens is 1. The standard InChI is InChI=1S/C23H35N3O2.C2H6/c1-9-17(7)22(18-11-12-20(15(3)4)25-23(18)28-8)26-21(16(5)6)19(10-2)24-13-14-27;1-2/h11-12,15,24,27H,5,7,9-10,13-14H2,1-4,6,8H3;1-2H3/b21-19+,26-22?;. The summed E-state index contributed by atoms with van der Waals surface area (Å²) >= 11 is 0. The third kappa shape index (κ3) is 7.79. The third-order valence-corrected chi connectivity index (χ3v) is 4.40. The van der Waals surface area contributed by atoms with Crippen molar-refractivity contribution in [1.82, 2.24) is 10.3 Å². The van der Waals surface area contributed by atoms with Crippen LogP contribution in [0.3, 0.4) is 0 Å². The van der Waals surface area contributed by atoms with Gasteiger partial charge >= 0.3 is 0 Å². The van der Waals surface area contributed by atoms with Crippen molar-refractivity contribution in [3.8, 4) is 5.88 Å². The summed E-state index contributed by atoms with van der Waals surface area (Å²) in [4.78, 5) is 9.62. The smallest absolute Gasteiger partial charge is 0.222 e. The number of hydrogen-bond donors (Lipinski definition) is 2. The second kappa shape index (κ2) is 14.6. The second-order valence-electron chi connectivity index (χ2n) is 6.98. The molecule has 0 aromatic carbocycles. The number of ether oxygens (including phenoxy) is 1. The number of nitrogens with zero attached hydrogens (tertiary/aromatic N) is 2. The summed E-state index contributed by atoms with van der Waals surface area (Å²) in [6, 6.07) is 4.01. The summed E-state index contributed by atoms with van der Waals surface area (Å²) < 4.78 is 5.59. The topological polar surface area (TPSA) is 66.7 Å². The maximum absolute atomic E-state index is 9.17. The van der Waals surface area contributed by atoms with Gasteiger partial charge in [0.1, 0.15) is 0 Å². The Hall–Kier alpha value is -2.40. The third-order valence-electron chi connectivity index (χ3n) is 4.40. The van der Waals surface area contributed by atoms with Gasteiger partial charge in [0.25, 0.3) is 0 Å². The van der Waals surface area contributed by atoms with Crippen LogP contribution in [0.15, 0.2) is 52.8 Å². The van der Waals surface area contributed by atoms with E-state index in [1.54, 1.807) is 7.11 Å². The highest BCUT2D eigenvalue weighted by Gasteiger charge is 2.18. The van der Waals surface area contributed by atoms with E-state index in [4.69, 9.17) is 9.73 Å². The highest BCUT2D eigenvalue weighted by atomic mass is 16.5. The number of aliphatic hydroxyl groups excluding tert-OH is 1. The minimum atomic E-state index is 0.0552. The van der Waals surface area contributed by atoms with Crippen molar-refractivity contribution in [3.63, 3.8) is 0 Å². The quantitative estimate of drug-likeness (QED) is 0.355. The largest absolute Gasteiger partial charge is 0.480 e. The van der Waals surface area contributed by atoms with Gasteiger partial charge < -0.3 is 15.2 Å². The van der Waals surface area contributed by atoms with E-state index in [9.17, 15) is 5.11 Å². The summed E-state index contributed by atoms with van der Waals surface area (Å²) in [7, 11) is 1.62. The van der Waals surface area contributed by atoms with E-state index in [1.165, 1.54) is 0 Å². The molecule has 0 atom stereocenters. The summed E-state index contributed by atoms with van der Waals surface area (Å²) in [5.74, 6) is 0.847. The molecule has 1 aromatic rings. The Labute approximate surface area is 183 Å². The molecule has 2 N–H and O–H groups in total. The van der Waals surface area contributed by atoms with Gasteiger partial charge in [-0.3, -0.25) is 0 Å². The molecular formula is C25H41N3O2. The molecule has 0 saturated heterocycles. The zero-order valence-corrected chi connectivity index (χ0v) is 20.2. The lowest BCUT2D eigenvalue weighted by Crippen LogP contribution is -2.19. The van der Waals surface area contributed by atoms with Gasteiger partial charge in [-0.05, 0) is 49.0 Å². The fourth-order valence-electron chi connectivity index (χ4n) is 2.72. The Balaban J connectivity index is 0.00000407. The minimum Gasteiger partial charge on any atom is -0.480 e. The molecule has 1 rings (SSSR count). The van der Waals surface area contributed by atoms with Crippen LogP contribution in [0.25, 0.3) is 0 Å². The van der Waals surface area contributed by atoms with Crippen molar-refractivity contribution in [1.29, 1.82) is 0 Å². The molecule has 0 aliphatic carbocycles. The monoisotopic (exact) mass is 415 g/mol. The van der Waals surface area contributed by atoms with Crippen LogP contribution in [0.5, 0.6) is 5.88 Å². The molecule has 30 heavy (non-hydrogen) atoms. The molecular weight excluding hydrogens is 374 g/mol. The average molecular weight is 416 g/mol. The molecule has 0 unspecified atom stereocenters. The van der Waals surface area contributed by atoms with E-state index in [-0.39, 0.29) is 6.61 Å². The van der Waals surface area contributed by atoms with Gasteiger partial charge in [-0.1, -0.05) is 54.7 Å². The summed E-state index contributed by atoms with van der Waals surface area (Å²) in [6.07, 6.45) is 1.50. The molecule has 0 saturated carbocycles. The zero-order chi connectivity index (χ0) is 23.3. The highest BCUT2D eigenvalue weighted by Crippen LogP contribution is 2.26. The molecule has 0 radical (unpaired) electrons. The predicted octanol–water partition coefficient (Wildman–Crippen LogP) is 5.77. The van der Waals surface area contributed by atoms with Crippen molar-refractivity contribution in [3.05, 3.63) is 59.1 Å². The normalized spacial score (nSPS) is 12.0. The molecule has 1 heterocycles. The number of methoxy groups -OCH3 is 1. The van der Waals surface area contributed by atoms with E-state index in [0.717, 1.165) is 52.4 Å². The molecule has 0 fully saturated rings. The van der Waals surface area contributed by atoms with E-state index >= 15 is 0 Å². The van der Waals surface area contributed by atoms with Crippen LogP contribution in [0.4, 0.5) is 0 Å². The average Bonchev–Trinajstić information content (AvgIpc) is 2.76. The first-order chi connectivity index (χ1) is 14.3. The molecule has 0 aliphatic heterocycles. The van der Waals surface area contributed by atoms with Crippen LogP contribution in [-0.2, 0) is 0 Å². The second-order valence-corrected chi connectivity index (χ2v) is 6.98. The molecule has 0 spiro atoms. The van der Waals surface area contributed by atoms with Crippen LogP contribution in [0.2, 0.25) is 0 Å². The van der Waals surface area contributed by atoms with Gasteiger partial charge in [-0.15, -0.1) is 0 Å². The Morgan fingerprint density at radius 2 is 1.83 bits per heavy atom. The molecule has 0 bridgehead atoms. The molecule has 1 aromatic heterocycles. The van der Waals surface area contributed by atoms with Gasteiger partial charge in [-0.25, -0.2) is 9.98 Å². The first-order valence-electron chi connectivity index (χ1n) is 10.9. The lowest BCUT2D eigenvalue weighted by molar-refractivity contribution is 0.296. The maximum Gasteiger partial charge on any atom is 0.222 e. The maximum atomic E-state index is 9.17. The molecule has 5 nitrogen and oxygen atoms in total. The summed E-state index contributed by atoms with van der Waals surface area (Å²) in [6.45, 7) is 23.1. The number of aliphatic imine (C=N–C) groups is 1. The van der Waals surface area contributed by atoms with Gasteiger partial charge in [0.2, 0.25) is 5.88 Å². The lowest BCUT2D eigenvalue weighted by Gasteiger charge is -2.17. The van der Waals surface area contributed by atoms with E-state index < -0.39 is 0 Å². The fraction of sp³-hybridized carbons (Fsp3) is 0.520. The Bertz CT molecular complexity index is 762. The first-order valence-corrected chi connectivity index (χ1v) is 10.9. The first kappa shape index (κ1) is 27.6. The van der Waals surface area contributed by atoms with E-state index in [2.05, 4.69) is 44.2 Å². The number of aliphatic hydroxyl groups is 1. The summed E-state index contributed by atoms with van der Waals surface area (Å²) in [5, 5.41) is 12.4.